The number of carbonyl (C=O) groups is 1. The molecular formula is C24H33NO5. The van der Waals surface area contributed by atoms with E-state index in [9.17, 15) is 9.90 Å². The van der Waals surface area contributed by atoms with Gasteiger partial charge in [0.25, 0.3) is 0 Å². The Morgan fingerprint density at radius 1 is 1.43 bits per heavy atom. The number of allylic oxidation sites excluding steroid dienone is 3. The van der Waals surface area contributed by atoms with Gasteiger partial charge in [-0.05, 0) is 56.4 Å². The third kappa shape index (κ3) is 4.41. The lowest BCUT2D eigenvalue weighted by molar-refractivity contribution is -0.145. The first-order valence-electron chi connectivity index (χ1n) is 10.9. The van der Waals surface area contributed by atoms with Crippen molar-refractivity contribution in [1.29, 1.82) is 0 Å². The van der Waals surface area contributed by atoms with Gasteiger partial charge in [-0.15, -0.1) is 0 Å². The van der Waals surface area contributed by atoms with Crippen molar-refractivity contribution >= 4 is 5.97 Å². The molecule has 1 fully saturated rings. The van der Waals surface area contributed by atoms with Crippen molar-refractivity contribution < 1.29 is 23.8 Å². The van der Waals surface area contributed by atoms with Crippen LogP contribution < -0.4 is 0 Å². The van der Waals surface area contributed by atoms with E-state index in [2.05, 4.69) is 26.0 Å². The largest absolute Gasteiger partial charge is 0.467 e. The summed E-state index contributed by atoms with van der Waals surface area (Å²) in [4.78, 5) is 14.7. The summed E-state index contributed by atoms with van der Waals surface area (Å²) in [5.41, 5.74) is 2.85. The van der Waals surface area contributed by atoms with Crippen LogP contribution in [-0.4, -0.2) is 54.9 Å². The van der Waals surface area contributed by atoms with Gasteiger partial charge in [-0.3, -0.25) is 4.79 Å². The number of ether oxygens (including phenoxy) is 2. The van der Waals surface area contributed by atoms with Gasteiger partial charge in [0.15, 0.2) is 0 Å². The average molecular weight is 416 g/mol. The fourth-order valence-corrected chi connectivity index (χ4v) is 5.35. The lowest BCUT2D eigenvalue weighted by atomic mass is 9.62. The molecule has 3 aliphatic rings. The Hall–Kier alpha value is -1.89. The van der Waals surface area contributed by atoms with Gasteiger partial charge in [-0.25, -0.2) is 0 Å². The molecule has 6 nitrogen and oxygen atoms in total. The van der Waals surface area contributed by atoms with E-state index in [0.29, 0.717) is 19.7 Å². The van der Waals surface area contributed by atoms with Crippen molar-refractivity contribution in [2.24, 2.45) is 17.3 Å². The van der Waals surface area contributed by atoms with Crippen molar-refractivity contribution in [3.8, 4) is 0 Å². The quantitative estimate of drug-likeness (QED) is 0.657. The molecule has 1 saturated heterocycles. The summed E-state index contributed by atoms with van der Waals surface area (Å²) in [7, 11) is 1.93. The Labute approximate surface area is 178 Å². The standard InChI is InChI=1S/C24H33NO5/c1-16-6-4-8-24(2)11-22-19(10-21(16)24)20(23(27)30-22)13-25(3)12-17(26)14-28-15-18-7-5-9-29-18/h5-7,9-10,17,19-20,22,26H,4,8,11-15H2,1-3H3. The normalized spacial score (nSPS) is 31.6. The summed E-state index contributed by atoms with van der Waals surface area (Å²) >= 11 is 0. The van der Waals surface area contributed by atoms with E-state index in [1.54, 1.807) is 6.26 Å². The molecule has 1 aromatic heterocycles. The molecule has 0 bridgehead atoms. The molecular weight excluding hydrogens is 382 g/mol. The first-order valence-corrected chi connectivity index (χ1v) is 10.9. The first-order chi connectivity index (χ1) is 14.4. The minimum absolute atomic E-state index is 0.0305. The summed E-state index contributed by atoms with van der Waals surface area (Å²) in [6.07, 6.45) is 8.68. The fourth-order valence-electron chi connectivity index (χ4n) is 5.35. The summed E-state index contributed by atoms with van der Waals surface area (Å²) < 4.78 is 16.6. The number of hydrogen-bond acceptors (Lipinski definition) is 6. The summed E-state index contributed by atoms with van der Waals surface area (Å²) in [6.45, 7) is 6.05. The summed E-state index contributed by atoms with van der Waals surface area (Å²) in [5, 5.41) is 10.3. The molecule has 0 aromatic carbocycles. The molecule has 1 N–H and O–H groups in total. The Morgan fingerprint density at radius 3 is 3.03 bits per heavy atom. The van der Waals surface area contributed by atoms with Crippen molar-refractivity contribution in [3.05, 3.63) is 47.5 Å². The van der Waals surface area contributed by atoms with Gasteiger partial charge < -0.3 is 23.9 Å². The minimum atomic E-state index is -0.630. The minimum Gasteiger partial charge on any atom is -0.467 e. The molecule has 1 aromatic rings. The zero-order valence-electron chi connectivity index (χ0n) is 18.2. The van der Waals surface area contributed by atoms with Gasteiger partial charge in [-0.2, -0.15) is 0 Å². The van der Waals surface area contributed by atoms with E-state index in [0.717, 1.165) is 25.0 Å². The van der Waals surface area contributed by atoms with Crippen LogP contribution in [0.2, 0.25) is 0 Å². The number of fused-ring (bicyclic) bond motifs is 2. The summed E-state index contributed by atoms with van der Waals surface area (Å²) in [6, 6.07) is 3.65. The van der Waals surface area contributed by atoms with Crippen molar-refractivity contribution in [1.82, 2.24) is 4.90 Å². The monoisotopic (exact) mass is 415 g/mol. The molecule has 0 radical (unpaired) electrons. The Kier molecular flexibility index (Phi) is 6.19. The van der Waals surface area contributed by atoms with Gasteiger partial charge in [0, 0.05) is 19.0 Å². The van der Waals surface area contributed by atoms with E-state index in [4.69, 9.17) is 13.9 Å². The van der Waals surface area contributed by atoms with E-state index in [1.165, 1.54) is 11.1 Å². The smallest absolute Gasteiger partial charge is 0.311 e. The molecule has 6 heteroatoms. The predicted molar refractivity (Wildman–Crippen MR) is 113 cm³/mol. The molecule has 1 aliphatic heterocycles. The fraction of sp³-hybridized carbons (Fsp3) is 0.625. The van der Waals surface area contributed by atoms with Crippen molar-refractivity contribution in [2.45, 2.75) is 51.9 Å². The van der Waals surface area contributed by atoms with E-state index < -0.39 is 6.10 Å². The highest BCUT2D eigenvalue weighted by Gasteiger charge is 2.51. The number of nitrogens with zero attached hydrogens (tertiary/aromatic N) is 1. The maximum absolute atomic E-state index is 12.7. The van der Waals surface area contributed by atoms with Crippen LogP contribution in [0, 0.1) is 17.3 Å². The van der Waals surface area contributed by atoms with Crippen LogP contribution in [0.4, 0.5) is 0 Å². The van der Waals surface area contributed by atoms with Gasteiger partial charge in [0.1, 0.15) is 18.5 Å². The molecule has 0 spiro atoms. The second-order valence-corrected chi connectivity index (χ2v) is 9.40. The maximum atomic E-state index is 12.7. The lowest BCUT2D eigenvalue weighted by Crippen LogP contribution is -2.40. The molecule has 30 heavy (non-hydrogen) atoms. The van der Waals surface area contributed by atoms with E-state index in [1.807, 2.05) is 24.1 Å². The van der Waals surface area contributed by atoms with Crippen LogP contribution in [0.5, 0.6) is 0 Å². The molecule has 2 heterocycles. The first kappa shape index (κ1) is 21.3. The van der Waals surface area contributed by atoms with Gasteiger partial charge >= 0.3 is 5.97 Å². The van der Waals surface area contributed by atoms with Gasteiger partial charge in [-0.1, -0.05) is 24.6 Å². The van der Waals surface area contributed by atoms with Crippen LogP contribution >= 0.6 is 0 Å². The van der Waals surface area contributed by atoms with Crippen LogP contribution in [0.25, 0.3) is 0 Å². The third-order valence-corrected chi connectivity index (χ3v) is 6.86. The number of likely N-dealkylation sites (N-methyl/N-ethyl adjacent to an activating group) is 1. The lowest BCUT2D eigenvalue weighted by Gasteiger charge is -2.43. The van der Waals surface area contributed by atoms with Crippen LogP contribution in [0.3, 0.4) is 0 Å². The highest BCUT2D eigenvalue weighted by atomic mass is 16.6. The number of furan rings is 1. The number of aliphatic hydroxyl groups is 1. The molecule has 2 aliphatic carbocycles. The van der Waals surface area contributed by atoms with E-state index >= 15 is 0 Å². The number of rotatable bonds is 8. The molecule has 4 rings (SSSR count). The van der Waals surface area contributed by atoms with Crippen molar-refractivity contribution in [2.75, 3.05) is 26.7 Å². The highest BCUT2D eigenvalue weighted by molar-refractivity contribution is 5.76. The second kappa shape index (κ2) is 8.69. The number of esters is 1. The van der Waals surface area contributed by atoms with Crippen molar-refractivity contribution in [3.63, 3.8) is 0 Å². The predicted octanol–water partition coefficient (Wildman–Crippen LogP) is 3.32. The number of hydrogen-bond donors (Lipinski definition) is 1. The Morgan fingerprint density at radius 2 is 2.27 bits per heavy atom. The Balaban J connectivity index is 1.34. The van der Waals surface area contributed by atoms with Crippen LogP contribution in [-0.2, 0) is 20.9 Å². The van der Waals surface area contributed by atoms with E-state index in [-0.39, 0.29) is 35.9 Å². The highest BCUT2D eigenvalue weighted by Crippen LogP contribution is 2.52. The van der Waals surface area contributed by atoms with Crippen LogP contribution in [0.15, 0.2) is 46.1 Å². The molecule has 164 valence electrons. The van der Waals surface area contributed by atoms with Gasteiger partial charge in [0.2, 0.25) is 0 Å². The molecule has 5 unspecified atom stereocenters. The van der Waals surface area contributed by atoms with Gasteiger partial charge in [0.05, 0.1) is 24.9 Å². The molecule has 0 amide bonds. The third-order valence-electron chi connectivity index (χ3n) is 6.86. The zero-order chi connectivity index (χ0) is 21.3. The SMILES string of the molecule is CC1=CCCC2(C)CC3OC(=O)C(CN(C)CC(O)COCc4ccco4)C3C=C12. The topological polar surface area (TPSA) is 72.1 Å². The Bertz CT molecular complexity index is 814. The average Bonchev–Trinajstić information content (AvgIpc) is 3.28. The molecule has 5 atom stereocenters. The summed E-state index contributed by atoms with van der Waals surface area (Å²) in [5.74, 6) is 0.542. The maximum Gasteiger partial charge on any atom is 0.311 e. The zero-order valence-corrected chi connectivity index (χ0v) is 18.2. The second-order valence-electron chi connectivity index (χ2n) is 9.40. The van der Waals surface area contributed by atoms with Crippen LogP contribution in [0.1, 0.15) is 38.9 Å². The molecule has 0 saturated carbocycles. The number of carbonyl (C=O) groups excluding carboxylic acids is 1. The number of aliphatic hydroxyl groups excluding tert-OH is 1.